The molecule has 1 amide bonds. The summed E-state index contributed by atoms with van der Waals surface area (Å²) in [5.74, 6) is 0.629. The molecule has 0 saturated carbocycles. The Morgan fingerprint density at radius 2 is 1.64 bits per heavy atom. The summed E-state index contributed by atoms with van der Waals surface area (Å²) in [6.07, 6.45) is 3.30. The van der Waals surface area contributed by atoms with Crippen molar-refractivity contribution in [1.29, 1.82) is 0 Å². The molecule has 0 atom stereocenters. The molecule has 2 aliphatic heterocycles. The number of benzene rings is 2. The van der Waals surface area contributed by atoms with Crippen molar-refractivity contribution in [2.45, 2.75) is 30.7 Å². The van der Waals surface area contributed by atoms with Gasteiger partial charge in [-0.15, -0.1) is 0 Å². The van der Waals surface area contributed by atoms with Gasteiger partial charge in [-0.05, 0) is 49.6 Å². The number of fused-ring (bicyclic) bond motifs is 1. The average Bonchev–Trinajstić information content (AvgIpc) is 3.26. The monoisotopic (exact) mass is 468 g/mol. The van der Waals surface area contributed by atoms with Crippen LogP contribution in [0.15, 0.2) is 57.8 Å². The van der Waals surface area contributed by atoms with Crippen LogP contribution in [0.3, 0.4) is 0 Å². The molecule has 2 aromatic carbocycles. The van der Waals surface area contributed by atoms with Crippen LogP contribution in [0, 0.1) is 0 Å². The maximum absolute atomic E-state index is 12.8. The predicted molar refractivity (Wildman–Crippen MR) is 124 cm³/mol. The Labute approximate surface area is 193 Å². The number of nitrogens with zero attached hydrogens (tertiary/aromatic N) is 4. The van der Waals surface area contributed by atoms with Crippen LogP contribution in [0.25, 0.3) is 11.1 Å². The van der Waals surface area contributed by atoms with Crippen LogP contribution < -0.4 is 0 Å². The maximum Gasteiger partial charge on any atom is 0.253 e. The number of carbonyl (C=O) groups is 1. The first kappa shape index (κ1) is 22.1. The summed E-state index contributed by atoms with van der Waals surface area (Å²) >= 11 is 0. The summed E-state index contributed by atoms with van der Waals surface area (Å²) in [5.41, 5.74) is 1.98. The average molecular weight is 469 g/mol. The topological polar surface area (TPSA) is 87.0 Å². The smallest absolute Gasteiger partial charge is 0.253 e. The van der Waals surface area contributed by atoms with Gasteiger partial charge in [-0.1, -0.05) is 18.2 Å². The SMILES string of the molecule is O=C(c1ccc2oc(CN3CCN(S(=O)(=O)c4ccccc4)CC3)nc2c1)N1CCCCC1. The van der Waals surface area contributed by atoms with Gasteiger partial charge in [-0.25, -0.2) is 13.4 Å². The van der Waals surface area contributed by atoms with Crippen molar-refractivity contribution in [3.63, 3.8) is 0 Å². The van der Waals surface area contributed by atoms with E-state index in [0.29, 0.717) is 60.2 Å². The molecule has 0 spiro atoms. The van der Waals surface area contributed by atoms with Crippen molar-refractivity contribution in [1.82, 2.24) is 19.1 Å². The molecule has 2 fully saturated rings. The zero-order chi connectivity index (χ0) is 22.8. The Morgan fingerprint density at radius 3 is 2.36 bits per heavy atom. The number of hydrogen-bond acceptors (Lipinski definition) is 6. The lowest BCUT2D eigenvalue weighted by Gasteiger charge is -2.33. The highest BCUT2D eigenvalue weighted by Crippen LogP contribution is 2.22. The van der Waals surface area contributed by atoms with Crippen LogP contribution in [0.2, 0.25) is 0 Å². The molecule has 9 heteroatoms. The molecule has 0 radical (unpaired) electrons. The van der Waals surface area contributed by atoms with Crippen LogP contribution in [0.1, 0.15) is 35.5 Å². The van der Waals surface area contributed by atoms with E-state index in [1.165, 1.54) is 10.7 Å². The molecule has 3 heterocycles. The number of aromatic nitrogens is 1. The van der Waals surface area contributed by atoms with Gasteiger partial charge in [0.15, 0.2) is 5.58 Å². The van der Waals surface area contributed by atoms with Gasteiger partial charge >= 0.3 is 0 Å². The summed E-state index contributed by atoms with van der Waals surface area (Å²) in [5, 5.41) is 0. The number of carbonyl (C=O) groups excluding carboxylic acids is 1. The summed E-state index contributed by atoms with van der Waals surface area (Å²) in [6, 6.07) is 14.0. The van der Waals surface area contributed by atoms with E-state index in [1.54, 1.807) is 30.3 Å². The zero-order valence-electron chi connectivity index (χ0n) is 18.5. The summed E-state index contributed by atoms with van der Waals surface area (Å²) in [7, 11) is -3.47. The lowest BCUT2D eigenvalue weighted by molar-refractivity contribution is 0.0724. The first-order valence-electron chi connectivity index (χ1n) is 11.5. The quantitative estimate of drug-likeness (QED) is 0.572. The van der Waals surface area contributed by atoms with Gasteiger partial charge in [0.2, 0.25) is 15.9 Å². The minimum Gasteiger partial charge on any atom is -0.439 e. The first-order chi connectivity index (χ1) is 16.0. The number of sulfonamides is 1. The zero-order valence-corrected chi connectivity index (χ0v) is 19.3. The van der Waals surface area contributed by atoms with Crippen molar-refractivity contribution in [3.8, 4) is 0 Å². The molecular weight excluding hydrogens is 440 g/mol. The van der Waals surface area contributed by atoms with Gasteiger partial charge in [0.05, 0.1) is 11.4 Å². The summed E-state index contributed by atoms with van der Waals surface area (Å²) in [6.45, 7) is 4.17. The van der Waals surface area contributed by atoms with Crippen LogP contribution in [0.4, 0.5) is 0 Å². The van der Waals surface area contributed by atoms with Gasteiger partial charge in [0.25, 0.3) is 5.91 Å². The van der Waals surface area contributed by atoms with E-state index in [2.05, 4.69) is 9.88 Å². The first-order valence-corrected chi connectivity index (χ1v) is 12.9. The third-order valence-electron chi connectivity index (χ3n) is 6.39. The second-order valence-electron chi connectivity index (χ2n) is 8.64. The molecular formula is C24H28N4O4S. The van der Waals surface area contributed by atoms with E-state index in [9.17, 15) is 13.2 Å². The van der Waals surface area contributed by atoms with Crippen LogP contribution in [0.5, 0.6) is 0 Å². The number of oxazole rings is 1. The molecule has 0 N–H and O–H groups in total. The standard InChI is InChI=1S/C24H28N4O4S/c29-24(27-11-5-2-6-12-27)19-9-10-22-21(17-19)25-23(32-22)18-26-13-15-28(16-14-26)33(30,31)20-7-3-1-4-8-20/h1,3-4,7-10,17H,2,5-6,11-16,18H2. The van der Waals surface area contributed by atoms with Gasteiger partial charge in [-0.2, -0.15) is 4.31 Å². The van der Waals surface area contributed by atoms with Gasteiger partial charge < -0.3 is 9.32 Å². The van der Waals surface area contributed by atoms with E-state index < -0.39 is 10.0 Å². The molecule has 0 unspecified atom stereocenters. The molecule has 8 nitrogen and oxygen atoms in total. The van der Waals surface area contributed by atoms with E-state index in [1.807, 2.05) is 23.1 Å². The highest BCUT2D eigenvalue weighted by Gasteiger charge is 2.29. The molecule has 2 saturated heterocycles. The number of rotatable bonds is 5. The fourth-order valence-electron chi connectivity index (χ4n) is 4.52. The Bertz CT molecular complexity index is 1230. The summed E-state index contributed by atoms with van der Waals surface area (Å²) in [4.78, 5) is 21.8. The largest absolute Gasteiger partial charge is 0.439 e. The normalized spacial score (nSPS) is 18.6. The predicted octanol–water partition coefficient (Wildman–Crippen LogP) is 2.96. The van der Waals surface area contributed by atoms with E-state index in [-0.39, 0.29) is 5.91 Å². The van der Waals surface area contributed by atoms with E-state index in [0.717, 1.165) is 25.9 Å². The Kier molecular flexibility index (Phi) is 6.18. The molecule has 2 aliphatic rings. The summed E-state index contributed by atoms with van der Waals surface area (Å²) < 4.78 is 33.1. The second kappa shape index (κ2) is 9.24. The third-order valence-corrected chi connectivity index (χ3v) is 8.31. The van der Waals surface area contributed by atoms with Crippen molar-refractivity contribution >= 4 is 27.0 Å². The molecule has 0 aliphatic carbocycles. The van der Waals surface area contributed by atoms with Gasteiger partial charge in [0, 0.05) is 44.8 Å². The number of amides is 1. The van der Waals surface area contributed by atoms with Gasteiger partial charge in [-0.3, -0.25) is 9.69 Å². The molecule has 3 aromatic rings. The van der Waals surface area contributed by atoms with Crippen molar-refractivity contribution in [3.05, 3.63) is 60.0 Å². The maximum atomic E-state index is 12.8. The Hall–Kier alpha value is -2.75. The van der Waals surface area contributed by atoms with E-state index >= 15 is 0 Å². The van der Waals surface area contributed by atoms with Crippen LogP contribution in [-0.4, -0.2) is 72.7 Å². The highest BCUT2D eigenvalue weighted by molar-refractivity contribution is 7.89. The lowest BCUT2D eigenvalue weighted by atomic mass is 10.1. The van der Waals surface area contributed by atoms with Crippen LogP contribution in [-0.2, 0) is 16.6 Å². The van der Waals surface area contributed by atoms with Crippen molar-refractivity contribution in [2.24, 2.45) is 0 Å². The highest BCUT2D eigenvalue weighted by atomic mass is 32.2. The molecule has 0 bridgehead atoms. The number of likely N-dealkylation sites (tertiary alicyclic amines) is 1. The fraction of sp³-hybridized carbons (Fsp3) is 0.417. The Balaban J connectivity index is 1.22. The molecule has 1 aromatic heterocycles. The van der Waals surface area contributed by atoms with Crippen molar-refractivity contribution in [2.75, 3.05) is 39.3 Å². The number of piperidine rings is 1. The second-order valence-corrected chi connectivity index (χ2v) is 10.6. The lowest BCUT2D eigenvalue weighted by Crippen LogP contribution is -2.48. The number of piperazine rings is 1. The number of hydrogen-bond donors (Lipinski definition) is 0. The van der Waals surface area contributed by atoms with Crippen molar-refractivity contribution < 1.29 is 17.6 Å². The minimum atomic E-state index is -3.47. The van der Waals surface area contributed by atoms with Crippen LogP contribution >= 0.6 is 0 Å². The minimum absolute atomic E-state index is 0.0527. The third kappa shape index (κ3) is 4.66. The fourth-order valence-corrected chi connectivity index (χ4v) is 5.96. The Morgan fingerprint density at radius 1 is 0.909 bits per heavy atom. The van der Waals surface area contributed by atoms with Gasteiger partial charge in [0.1, 0.15) is 5.52 Å². The molecule has 174 valence electrons. The molecule has 33 heavy (non-hydrogen) atoms. The van der Waals surface area contributed by atoms with E-state index in [4.69, 9.17) is 4.42 Å². The molecule has 5 rings (SSSR count).